The molecule has 1 heterocycles. The average Bonchev–Trinajstić information content (AvgIpc) is 2.48. The molecular formula is C8H6O4. The van der Waals surface area contributed by atoms with E-state index < -0.39 is 11.6 Å². The molecule has 1 aliphatic heterocycles. The van der Waals surface area contributed by atoms with Gasteiger partial charge in [0.2, 0.25) is 18.3 Å². The van der Waals surface area contributed by atoms with E-state index in [0.717, 1.165) is 0 Å². The third kappa shape index (κ3) is 0.777. The molecule has 0 spiro atoms. The summed E-state index contributed by atoms with van der Waals surface area (Å²) in [6, 6.07) is 0. The van der Waals surface area contributed by atoms with E-state index >= 15 is 0 Å². The Morgan fingerprint density at radius 1 is 1.25 bits per heavy atom. The van der Waals surface area contributed by atoms with Crippen LogP contribution in [0.4, 0.5) is 0 Å². The molecule has 4 nitrogen and oxygen atoms in total. The first-order valence-electron chi connectivity index (χ1n) is 3.47. The number of hydrogen-bond donors (Lipinski definition) is 0. The molecule has 0 atom stereocenters. The molecule has 2 aliphatic rings. The lowest BCUT2D eigenvalue weighted by Gasteiger charge is -2.05. The van der Waals surface area contributed by atoms with E-state index in [-0.39, 0.29) is 12.6 Å². The summed E-state index contributed by atoms with van der Waals surface area (Å²) in [5, 5.41) is 0. The zero-order valence-electron chi connectivity index (χ0n) is 6.42. The summed E-state index contributed by atoms with van der Waals surface area (Å²) < 4.78 is 9.78. The lowest BCUT2D eigenvalue weighted by atomic mass is 10.0. The predicted molar refractivity (Wildman–Crippen MR) is 37.8 cm³/mol. The highest BCUT2D eigenvalue weighted by Gasteiger charge is 2.33. The van der Waals surface area contributed by atoms with Gasteiger partial charge in [0.1, 0.15) is 0 Å². The van der Waals surface area contributed by atoms with Crippen LogP contribution in [0.3, 0.4) is 0 Å². The third-order valence-corrected chi connectivity index (χ3v) is 1.76. The van der Waals surface area contributed by atoms with Gasteiger partial charge in [0.05, 0.1) is 0 Å². The molecule has 4 heteroatoms. The van der Waals surface area contributed by atoms with Crippen molar-refractivity contribution in [1.29, 1.82) is 0 Å². The molecule has 0 bridgehead atoms. The number of carbonyl (C=O) groups is 2. The maximum absolute atomic E-state index is 11.2. The van der Waals surface area contributed by atoms with Crippen molar-refractivity contribution >= 4 is 11.6 Å². The SMILES string of the molecule is CC1=CC2=C(OCO2)C(=O)C1=O. The van der Waals surface area contributed by atoms with Crippen molar-refractivity contribution in [2.75, 3.05) is 6.79 Å². The smallest absolute Gasteiger partial charge is 0.271 e. The summed E-state index contributed by atoms with van der Waals surface area (Å²) >= 11 is 0. The maximum atomic E-state index is 11.2. The highest BCUT2D eigenvalue weighted by atomic mass is 16.7. The first-order chi connectivity index (χ1) is 5.70. The molecule has 0 saturated carbocycles. The van der Waals surface area contributed by atoms with Gasteiger partial charge in [0.15, 0.2) is 5.76 Å². The second-order valence-corrected chi connectivity index (χ2v) is 2.59. The van der Waals surface area contributed by atoms with Crippen LogP contribution >= 0.6 is 0 Å². The van der Waals surface area contributed by atoms with Gasteiger partial charge in [-0.15, -0.1) is 0 Å². The van der Waals surface area contributed by atoms with Crippen LogP contribution in [0.1, 0.15) is 6.92 Å². The van der Waals surface area contributed by atoms with Gasteiger partial charge in [-0.2, -0.15) is 0 Å². The molecule has 2 rings (SSSR count). The quantitative estimate of drug-likeness (QED) is 0.383. The third-order valence-electron chi connectivity index (χ3n) is 1.76. The predicted octanol–water partition coefficient (Wildman–Crippen LogP) is 0.300. The first kappa shape index (κ1) is 7.09. The fourth-order valence-electron chi connectivity index (χ4n) is 1.12. The van der Waals surface area contributed by atoms with Gasteiger partial charge in [-0.3, -0.25) is 9.59 Å². The Labute approximate surface area is 68.5 Å². The Morgan fingerprint density at radius 3 is 2.75 bits per heavy atom. The van der Waals surface area contributed by atoms with Crippen molar-refractivity contribution in [3.63, 3.8) is 0 Å². The monoisotopic (exact) mass is 166 g/mol. The number of hydrogen-bond acceptors (Lipinski definition) is 4. The first-order valence-corrected chi connectivity index (χ1v) is 3.47. The van der Waals surface area contributed by atoms with Crippen LogP contribution in [0.15, 0.2) is 23.2 Å². The molecule has 0 aromatic rings. The van der Waals surface area contributed by atoms with Crippen LogP contribution in [0, 0.1) is 0 Å². The van der Waals surface area contributed by atoms with Crippen LogP contribution in [-0.4, -0.2) is 18.4 Å². The van der Waals surface area contributed by atoms with Gasteiger partial charge in [0.25, 0.3) is 5.78 Å². The van der Waals surface area contributed by atoms with E-state index in [1.54, 1.807) is 6.92 Å². The molecule has 12 heavy (non-hydrogen) atoms. The average molecular weight is 166 g/mol. The summed E-state index contributed by atoms with van der Waals surface area (Å²) in [5.74, 6) is -0.704. The van der Waals surface area contributed by atoms with Gasteiger partial charge in [-0.25, -0.2) is 0 Å². The molecular weight excluding hydrogens is 160 g/mol. The summed E-state index contributed by atoms with van der Waals surface area (Å²) in [4.78, 5) is 22.2. The number of rotatable bonds is 0. The van der Waals surface area contributed by atoms with E-state index in [1.807, 2.05) is 0 Å². The Kier molecular flexibility index (Phi) is 1.30. The highest BCUT2D eigenvalue weighted by Crippen LogP contribution is 2.24. The fourth-order valence-corrected chi connectivity index (χ4v) is 1.12. The summed E-state index contributed by atoms with van der Waals surface area (Å²) in [7, 11) is 0. The van der Waals surface area contributed by atoms with Crippen LogP contribution < -0.4 is 0 Å². The normalized spacial score (nSPS) is 21.6. The van der Waals surface area contributed by atoms with Crippen molar-refractivity contribution in [3.8, 4) is 0 Å². The zero-order chi connectivity index (χ0) is 8.72. The Balaban J connectivity index is 2.50. The Bertz CT molecular complexity index is 335. The number of allylic oxidation sites excluding steroid dienone is 3. The number of ether oxygens (including phenoxy) is 2. The lowest BCUT2D eigenvalue weighted by molar-refractivity contribution is -0.134. The van der Waals surface area contributed by atoms with Gasteiger partial charge in [-0.1, -0.05) is 0 Å². The van der Waals surface area contributed by atoms with Crippen molar-refractivity contribution in [2.24, 2.45) is 0 Å². The Morgan fingerprint density at radius 2 is 2.00 bits per heavy atom. The Hall–Kier alpha value is -1.58. The van der Waals surface area contributed by atoms with Crippen LogP contribution in [-0.2, 0) is 19.1 Å². The van der Waals surface area contributed by atoms with E-state index in [1.165, 1.54) is 6.08 Å². The molecule has 0 N–H and O–H groups in total. The lowest BCUT2D eigenvalue weighted by Crippen LogP contribution is -2.21. The topological polar surface area (TPSA) is 52.6 Å². The van der Waals surface area contributed by atoms with Gasteiger partial charge >= 0.3 is 0 Å². The second kappa shape index (κ2) is 2.20. The maximum Gasteiger partial charge on any atom is 0.271 e. The minimum atomic E-state index is -0.609. The minimum absolute atomic E-state index is 0.0213. The summed E-state index contributed by atoms with van der Waals surface area (Å²) in [6.07, 6.45) is 1.52. The van der Waals surface area contributed by atoms with Crippen LogP contribution in [0.2, 0.25) is 0 Å². The molecule has 0 radical (unpaired) electrons. The van der Waals surface area contributed by atoms with E-state index in [2.05, 4.69) is 0 Å². The molecule has 1 aliphatic carbocycles. The fraction of sp³-hybridized carbons (Fsp3) is 0.250. The highest BCUT2D eigenvalue weighted by molar-refractivity contribution is 6.49. The summed E-state index contributed by atoms with van der Waals surface area (Å²) in [5.41, 5.74) is 0.393. The molecule has 0 aromatic heterocycles. The minimum Gasteiger partial charge on any atom is -0.453 e. The van der Waals surface area contributed by atoms with E-state index in [4.69, 9.17) is 9.47 Å². The number of carbonyl (C=O) groups excluding carboxylic acids is 2. The van der Waals surface area contributed by atoms with E-state index in [0.29, 0.717) is 11.3 Å². The second-order valence-electron chi connectivity index (χ2n) is 2.59. The largest absolute Gasteiger partial charge is 0.453 e. The van der Waals surface area contributed by atoms with Crippen molar-refractivity contribution in [1.82, 2.24) is 0 Å². The standard InChI is InChI=1S/C8H6O4/c1-4-2-5-8(12-3-11-5)7(10)6(4)9/h2H,3H2,1H3. The number of Topliss-reactive ketones (excluding diaryl/α,β-unsaturated/α-hetero) is 2. The molecule has 0 saturated heterocycles. The van der Waals surface area contributed by atoms with Gasteiger partial charge in [-0.05, 0) is 13.0 Å². The zero-order valence-corrected chi connectivity index (χ0v) is 6.42. The van der Waals surface area contributed by atoms with Crippen LogP contribution in [0.25, 0.3) is 0 Å². The number of ketones is 2. The van der Waals surface area contributed by atoms with Crippen molar-refractivity contribution in [3.05, 3.63) is 23.2 Å². The van der Waals surface area contributed by atoms with Crippen molar-refractivity contribution < 1.29 is 19.1 Å². The molecule has 0 unspecified atom stereocenters. The molecule has 0 fully saturated rings. The van der Waals surface area contributed by atoms with Crippen molar-refractivity contribution in [2.45, 2.75) is 6.92 Å². The molecule has 62 valence electrons. The van der Waals surface area contributed by atoms with Gasteiger partial charge in [0, 0.05) is 5.57 Å². The van der Waals surface area contributed by atoms with Crippen LogP contribution in [0.5, 0.6) is 0 Å². The molecule has 0 amide bonds. The summed E-state index contributed by atoms with van der Waals surface area (Å²) in [6.45, 7) is 1.60. The van der Waals surface area contributed by atoms with Gasteiger partial charge < -0.3 is 9.47 Å². The van der Waals surface area contributed by atoms with E-state index in [9.17, 15) is 9.59 Å². The molecule has 0 aromatic carbocycles.